The number of hydrogen-bond donors (Lipinski definition) is 2. The maximum absolute atomic E-state index is 12.4. The van der Waals surface area contributed by atoms with Crippen molar-refractivity contribution in [2.75, 3.05) is 0 Å². The SMILES string of the molecule is O=C1C(=Cc2ccc(OCc3ccccc3)cc2)Oc2c1ccc(O)c2O. The van der Waals surface area contributed by atoms with Crippen LogP contribution in [0.4, 0.5) is 0 Å². The highest BCUT2D eigenvalue weighted by Gasteiger charge is 2.31. The topological polar surface area (TPSA) is 76.0 Å². The van der Waals surface area contributed by atoms with Crippen LogP contribution in [0, 0.1) is 0 Å². The number of carbonyl (C=O) groups is 1. The summed E-state index contributed by atoms with van der Waals surface area (Å²) in [7, 11) is 0. The summed E-state index contributed by atoms with van der Waals surface area (Å²) in [4.78, 5) is 12.4. The zero-order valence-corrected chi connectivity index (χ0v) is 14.3. The number of phenolic OH excluding ortho intramolecular Hbond substituents is 2. The van der Waals surface area contributed by atoms with E-state index >= 15 is 0 Å². The van der Waals surface area contributed by atoms with Gasteiger partial charge in [-0.1, -0.05) is 42.5 Å². The molecule has 0 saturated heterocycles. The first-order chi connectivity index (χ1) is 13.1. The van der Waals surface area contributed by atoms with Crippen molar-refractivity contribution < 1.29 is 24.5 Å². The second kappa shape index (κ2) is 6.88. The Bertz CT molecular complexity index is 1020. The summed E-state index contributed by atoms with van der Waals surface area (Å²) in [5.41, 5.74) is 2.05. The summed E-state index contributed by atoms with van der Waals surface area (Å²) in [6.45, 7) is 0.473. The maximum Gasteiger partial charge on any atom is 0.232 e. The number of benzene rings is 3. The Morgan fingerprint density at radius 1 is 0.926 bits per heavy atom. The summed E-state index contributed by atoms with van der Waals surface area (Å²) in [5.74, 6) is -0.329. The molecule has 2 N–H and O–H groups in total. The van der Waals surface area contributed by atoms with Crippen LogP contribution in [0.5, 0.6) is 23.0 Å². The summed E-state index contributed by atoms with van der Waals surface area (Å²) in [5, 5.41) is 19.4. The fourth-order valence-corrected chi connectivity index (χ4v) is 2.78. The predicted octanol–water partition coefficient (Wildman–Crippen LogP) is 4.29. The first-order valence-electron chi connectivity index (χ1n) is 8.38. The number of phenols is 2. The number of Topliss-reactive ketones (excluding diaryl/α,β-unsaturated/α-hetero) is 1. The molecule has 0 saturated carbocycles. The molecule has 0 radical (unpaired) electrons. The van der Waals surface area contributed by atoms with E-state index < -0.39 is 5.75 Å². The molecular weight excluding hydrogens is 344 g/mol. The van der Waals surface area contributed by atoms with Crippen molar-refractivity contribution in [1.82, 2.24) is 0 Å². The van der Waals surface area contributed by atoms with Crippen LogP contribution in [0.1, 0.15) is 21.5 Å². The van der Waals surface area contributed by atoms with Crippen molar-refractivity contribution in [3.63, 3.8) is 0 Å². The van der Waals surface area contributed by atoms with Gasteiger partial charge >= 0.3 is 0 Å². The van der Waals surface area contributed by atoms with Crippen LogP contribution in [0.3, 0.4) is 0 Å². The van der Waals surface area contributed by atoms with Crippen LogP contribution in [0.15, 0.2) is 72.5 Å². The Hall–Kier alpha value is -3.73. The smallest absolute Gasteiger partial charge is 0.232 e. The van der Waals surface area contributed by atoms with Gasteiger partial charge in [-0.25, -0.2) is 0 Å². The lowest BCUT2D eigenvalue weighted by molar-refractivity contribution is 0.101. The second-order valence-electron chi connectivity index (χ2n) is 6.09. The molecule has 0 bridgehead atoms. The zero-order valence-electron chi connectivity index (χ0n) is 14.3. The van der Waals surface area contributed by atoms with Gasteiger partial charge in [0.25, 0.3) is 0 Å². The van der Waals surface area contributed by atoms with E-state index in [1.54, 1.807) is 6.08 Å². The van der Waals surface area contributed by atoms with Crippen LogP contribution in [0.25, 0.3) is 6.08 Å². The average Bonchev–Trinajstić information content (AvgIpc) is 3.01. The largest absolute Gasteiger partial charge is 0.504 e. The van der Waals surface area contributed by atoms with Crippen molar-refractivity contribution in [1.29, 1.82) is 0 Å². The fourth-order valence-electron chi connectivity index (χ4n) is 2.78. The molecule has 5 nitrogen and oxygen atoms in total. The van der Waals surface area contributed by atoms with Crippen LogP contribution >= 0.6 is 0 Å². The molecule has 0 unspecified atom stereocenters. The zero-order chi connectivity index (χ0) is 18.8. The van der Waals surface area contributed by atoms with E-state index in [1.165, 1.54) is 12.1 Å². The van der Waals surface area contributed by atoms with Crippen molar-refractivity contribution in [2.45, 2.75) is 6.61 Å². The highest BCUT2D eigenvalue weighted by atomic mass is 16.5. The Morgan fingerprint density at radius 3 is 2.41 bits per heavy atom. The molecule has 0 fully saturated rings. The van der Waals surface area contributed by atoms with E-state index in [1.807, 2.05) is 54.6 Å². The molecular formula is C22H16O5. The summed E-state index contributed by atoms with van der Waals surface area (Å²) in [6.07, 6.45) is 1.58. The third kappa shape index (κ3) is 3.35. The molecule has 3 aromatic rings. The number of hydrogen-bond acceptors (Lipinski definition) is 5. The molecule has 5 heteroatoms. The minimum Gasteiger partial charge on any atom is -0.504 e. The lowest BCUT2D eigenvalue weighted by atomic mass is 10.1. The molecule has 0 aliphatic carbocycles. The van der Waals surface area contributed by atoms with Gasteiger partial charge in [-0.05, 0) is 41.5 Å². The van der Waals surface area contributed by atoms with Gasteiger partial charge in [-0.3, -0.25) is 4.79 Å². The van der Waals surface area contributed by atoms with Gasteiger partial charge in [-0.2, -0.15) is 0 Å². The molecule has 27 heavy (non-hydrogen) atoms. The van der Waals surface area contributed by atoms with E-state index in [0.717, 1.165) is 11.1 Å². The van der Waals surface area contributed by atoms with Crippen LogP contribution < -0.4 is 9.47 Å². The number of aromatic hydroxyl groups is 2. The van der Waals surface area contributed by atoms with Crippen molar-refractivity contribution >= 4 is 11.9 Å². The van der Waals surface area contributed by atoms with Gasteiger partial charge < -0.3 is 19.7 Å². The first kappa shape index (κ1) is 16.7. The molecule has 1 aliphatic heterocycles. The number of ketones is 1. The van der Waals surface area contributed by atoms with Crippen LogP contribution in [-0.4, -0.2) is 16.0 Å². The standard InChI is InChI=1S/C22H16O5/c23-18-11-10-17-20(24)19(27-22(17)21(18)25)12-14-6-8-16(9-7-14)26-13-15-4-2-1-3-5-15/h1-12,23,25H,13H2. The molecule has 0 spiro atoms. The number of allylic oxidation sites excluding steroid dienone is 1. The molecule has 0 amide bonds. The van der Waals surface area contributed by atoms with E-state index in [4.69, 9.17) is 9.47 Å². The quantitative estimate of drug-likeness (QED) is 0.536. The Balaban J connectivity index is 1.48. The number of ether oxygens (including phenoxy) is 2. The normalized spacial score (nSPS) is 14.1. The molecule has 0 aromatic heterocycles. The van der Waals surface area contributed by atoms with Crippen LogP contribution in [0.2, 0.25) is 0 Å². The number of fused-ring (bicyclic) bond motifs is 1. The Kier molecular flexibility index (Phi) is 4.26. The molecule has 134 valence electrons. The average molecular weight is 360 g/mol. The maximum atomic E-state index is 12.4. The highest BCUT2D eigenvalue weighted by molar-refractivity contribution is 6.15. The minimum absolute atomic E-state index is 0.0194. The van der Waals surface area contributed by atoms with Gasteiger partial charge in [0.2, 0.25) is 11.5 Å². The van der Waals surface area contributed by atoms with Gasteiger partial charge in [0.1, 0.15) is 12.4 Å². The Morgan fingerprint density at radius 2 is 1.67 bits per heavy atom. The molecule has 4 rings (SSSR count). The van der Waals surface area contributed by atoms with Crippen LogP contribution in [-0.2, 0) is 6.61 Å². The van der Waals surface area contributed by atoms with E-state index in [9.17, 15) is 15.0 Å². The van der Waals surface area contributed by atoms with Crippen molar-refractivity contribution in [3.8, 4) is 23.0 Å². The second-order valence-corrected chi connectivity index (χ2v) is 6.09. The lowest BCUT2D eigenvalue weighted by Gasteiger charge is -2.06. The summed E-state index contributed by atoms with van der Waals surface area (Å²) in [6, 6.07) is 19.8. The highest BCUT2D eigenvalue weighted by Crippen LogP contribution is 2.44. The van der Waals surface area contributed by atoms with Gasteiger partial charge in [-0.15, -0.1) is 0 Å². The summed E-state index contributed by atoms with van der Waals surface area (Å²) >= 11 is 0. The molecule has 1 aliphatic rings. The fraction of sp³-hybridized carbons (Fsp3) is 0.0455. The van der Waals surface area contributed by atoms with Crippen molar-refractivity contribution in [2.24, 2.45) is 0 Å². The molecule has 3 aromatic carbocycles. The Labute approximate surface area is 155 Å². The van der Waals surface area contributed by atoms with E-state index in [-0.39, 0.29) is 28.6 Å². The number of carbonyl (C=O) groups excluding carboxylic acids is 1. The number of rotatable bonds is 4. The van der Waals surface area contributed by atoms with Gasteiger partial charge in [0.15, 0.2) is 17.3 Å². The van der Waals surface area contributed by atoms with Gasteiger partial charge in [0, 0.05) is 0 Å². The lowest BCUT2D eigenvalue weighted by Crippen LogP contribution is -1.98. The van der Waals surface area contributed by atoms with Gasteiger partial charge in [0.05, 0.1) is 5.56 Å². The van der Waals surface area contributed by atoms with Crippen molar-refractivity contribution in [3.05, 3.63) is 89.2 Å². The summed E-state index contributed by atoms with van der Waals surface area (Å²) < 4.78 is 11.2. The van der Waals surface area contributed by atoms with E-state index in [0.29, 0.717) is 12.4 Å². The minimum atomic E-state index is -0.436. The monoisotopic (exact) mass is 360 g/mol. The first-order valence-corrected chi connectivity index (χ1v) is 8.38. The predicted molar refractivity (Wildman–Crippen MR) is 99.9 cm³/mol. The van der Waals surface area contributed by atoms with E-state index in [2.05, 4.69) is 0 Å². The molecule has 0 atom stereocenters. The molecule has 1 heterocycles. The third-order valence-corrected chi connectivity index (χ3v) is 4.22. The third-order valence-electron chi connectivity index (χ3n) is 4.22.